The lowest BCUT2D eigenvalue weighted by Gasteiger charge is -2.43. The summed E-state index contributed by atoms with van der Waals surface area (Å²) in [6, 6.07) is 10.0. The Bertz CT molecular complexity index is 584. The van der Waals surface area contributed by atoms with Crippen molar-refractivity contribution in [1.29, 1.82) is 0 Å². The highest BCUT2D eigenvalue weighted by atomic mass is 28.4. The molecule has 148 valence electrons. The van der Waals surface area contributed by atoms with Crippen LogP contribution in [0.1, 0.15) is 53.2 Å². The molecule has 0 radical (unpaired) electrons. The zero-order chi connectivity index (χ0) is 20.4. The van der Waals surface area contributed by atoms with Gasteiger partial charge in [-0.25, -0.2) is 0 Å². The first-order valence-electron chi connectivity index (χ1n) is 9.48. The fourth-order valence-corrected chi connectivity index (χ4v) is 4.61. The third-order valence-electron chi connectivity index (χ3n) is 6.03. The van der Waals surface area contributed by atoms with Gasteiger partial charge in [-0.05, 0) is 41.8 Å². The van der Waals surface area contributed by atoms with Crippen molar-refractivity contribution in [3.05, 3.63) is 35.9 Å². The third kappa shape index (κ3) is 5.62. The monoisotopic (exact) mass is 394 g/mol. The Hall–Kier alpha value is -0.756. The Labute approximate surface area is 162 Å². The summed E-state index contributed by atoms with van der Waals surface area (Å²) in [6.07, 6.45) is -0.0261. The molecule has 0 aliphatic heterocycles. The van der Waals surface area contributed by atoms with Crippen LogP contribution in [0.3, 0.4) is 0 Å². The first kappa shape index (κ1) is 23.3. The molecule has 2 unspecified atom stereocenters. The quantitative estimate of drug-likeness (QED) is 0.400. The maximum Gasteiger partial charge on any atom is 0.193 e. The van der Waals surface area contributed by atoms with E-state index in [2.05, 4.69) is 67.7 Å². The summed E-state index contributed by atoms with van der Waals surface area (Å²) < 4.78 is 13.2. The highest BCUT2D eigenvalue weighted by Gasteiger charge is 2.45. The van der Waals surface area contributed by atoms with Crippen LogP contribution in [0.5, 0.6) is 0 Å². The Kier molecular flexibility index (Phi) is 7.24. The van der Waals surface area contributed by atoms with Gasteiger partial charge in [0.25, 0.3) is 0 Å². The van der Waals surface area contributed by atoms with Crippen LogP contribution in [-0.2, 0) is 13.6 Å². The van der Waals surface area contributed by atoms with Crippen molar-refractivity contribution in [2.45, 2.75) is 90.0 Å². The van der Waals surface area contributed by atoms with Crippen molar-refractivity contribution in [1.82, 2.24) is 0 Å². The summed E-state index contributed by atoms with van der Waals surface area (Å²) in [4.78, 5) is 12.1. The van der Waals surface area contributed by atoms with Crippen LogP contribution in [0.15, 0.2) is 30.3 Å². The van der Waals surface area contributed by atoms with E-state index in [9.17, 15) is 4.79 Å². The maximum atomic E-state index is 12.1. The van der Waals surface area contributed by atoms with Gasteiger partial charge in [-0.15, -0.1) is 0 Å². The van der Waals surface area contributed by atoms with Gasteiger partial charge in [-0.3, -0.25) is 0 Å². The zero-order valence-electron chi connectivity index (χ0n) is 18.3. The third-order valence-corrected chi connectivity index (χ3v) is 15.0. The number of carbonyl (C=O) groups is 1. The van der Waals surface area contributed by atoms with E-state index in [1.165, 1.54) is 0 Å². The highest BCUT2D eigenvalue weighted by Crippen LogP contribution is 2.43. The van der Waals surface area contributed by atoms with Crippen molar-refractivity contribution in [3.8, 4) is 0 Å². The second-order valence-corrected chi connectivity index (χ2v) is 19.7. The van der Waals surface area contributed by atoms with E-state index < -0.39 is 22.7 Å². The molecule has 0 heterocycles. The lowest BCUT2D eigenvalue weighted by atomic mass is 10.1. The summed E-state index contributed by atoms with van der Waals surface area (Å²) >= 11 is 0. The minimum atomic E-state index is -2.10. The lowest BCUT2D eigenvalue weighted by Crippen LogP contribution is -2.49. The number of rotatable bonds is 7. The van der Waals surface area contributed by atoms with Crippen molar-refractivity contribution in [2.24, 2.45) is 0 Å². The standard InChI is InChI=1S/C21H38O3Si2/c1-20(2,3)25(7,8)23-18(16-22)19(17-14-12-11-13-15-17)24-26(9,10)21(4,5)6/h11-16,18-19H,1-10H3. The van der Waals surface area contributed by atoms with Gasteiger partial charge in [0.1, 0.15) is 12.2 Å². The van der Waals surface area contributed by atoms with Crippen molar-refractivity contribution < 1.29 is 13.6 Å². The molecule has 0 saturated heterocycles. The van der Waals surface area contributed by atoms with Gasteiger partial charge in [0, 0.05) is 0 Å². The van der Waals surface area contributed by atoms with E-state index in [0.29, 0.717) is 0 Å². The molecule has 0 aromatic heterocycles. The molecule has 1 aromatic carbocycles. The van der Waals surface area contributed by atoms with E-state index in [-0.39, 0.29) is 16.2 Å². The second-order valence-electron chi connectivity index (χ2n) is 10.2. The van der Waals surface area contributed by atoms with Gasteiger partial charge in [0.2, 0.25) is 0 Å². The van der Waals surface area contributed by atoms with Gasteiger partial charge in [0.15, 0.2) is 22.9 Å². The molecule has 2 atom stereocenters. The Balaban J connectivity index is 3.29. The molecule has 1 aromatic rings. The molecule has 0 aliphatic carbocycles. The van der Waals surface area contributed by atoms with Gasteiger partial charge >= 0.3 is 0 Å². The van der Waals surface area contributed by atoms with Crippen LogP contribution in [0.25, 0.3) is 0 Å². The molecule has 3 nitrogen and oxygen atoms in total. The minimum absolute atomic E-state index is 0.0342. The van der Waals surface area contributed by atoms with Crippen molar-refractivity contribution in [2.75, 3.05) is 0 Å². The van der Waals surface area contributed by atoms with Crippen LogP contribution in [-0.4, -0.2) is 29.0 Å². The number of carbonyl (C=O) groups excluding carboxylic acids is 1. The van der Waals surface area contributed by atoms with Gasteiger partial charge in [-0.1, -0.05) is 71.9 Å². The van der Waals surface area contributed by atoms with Gasteiger partial charge in [0.05, 0.1) is 0 Å². The average Bonchev–Trinajstić information content (AvgIpc) is 2.49. The van der Waals surface area contributed by atoms with E-state index >= 15 is 0 Å². The van der Waals surface area contributed by atoms with Crippen molar-refractivity contribution >= 4 is 22.9 Å². The van der Waals surface area contributed by atoms with E-state index in [1.54, 1.807) is 0 Å². The highest BCUT2D eigenvalue weighted by molar-refractivity contribution is 6.74. The predicted octanol–water partition coefficient (Wildman–Crippen LogP) is 6.34. The first-order chi connectivity index (χ1) is 11.6. The van der Waals surface area contributed by atoms with Crippen LogP contribution in [0, 0.1) is 0 Å². The average molecular weight is 395 g/mol. The minimum Gasteiger partial charge on any atom is -0.407 e. The van der Waals surface area contributed by atoms with Crippen LogP contribution >= 0.6 is 0 Å². The topological polar surface area (TPSA) is 35.5 Å². The normalized spacial score (nSPS) is 16.2. The molecule has 0 aliphatic rings. The Morgan fingerprint density at radius 3 is 1.62 bits per heavy atom. The number of aldehydes is 1. The molecule has 5 heteroatoms. The smallest absolute Gasteiger partial charge is 0.193 e. The summed E-state index contributed by atoms with van der Waals surface area (Å²) in [7, 11) is -4.18. The Morgan fingerprint density at radius 1 is 0.808 bits per heavy atom. The second kappa shape index (κ2) is 8.09. The summed E-state index contributed by atoms with van der Waals surface area (Å²) in [6.45, 7) is 22.0. The molecular formula is C21H38O3Si2. The number of hydrogen-bond donors (Lipinski definition) is 0. The number of benzene rings is 1. The molecule has 0 fully saturated rings. The summed E-state index contributed by atoms with van der Waals surface area (Å²) in [5, 5.41) is 0.0942. The molecule has 0 N–H and O–H groups in total. The zero-order valence-corrected chi connectivity index (χ0v) is 20.3. The maximum absolute atomic E-state index is 12.1. The fraction of sp³-hybridized carbons (Fsp3) is 0.667. The Morgan fingerprint density at radius 2 is 1.23 bits per heavy atom. The molecule has 1 rings (SSSR count). The van der Waals surface area contributed by atoms with Gasteiger partial charge in [-0.2, -0.15) is 0 Å². The van der Waals surface area contributed by atoms with Crippen LogP contribution < -0.4 is 0 Å². The van der Waals surface area contributed by atoms with E-state index in [0.717, 1.165) is 11.8 Å². The molecule has 0 spiro atoms. The largest absolute Gasteiger partial charge is 0.407 e. The van der Waals surface area contributed by atoms with Crippen LogP contribution in [0.2, 0.25) is 36.3 Å². The molecule has 26 heavy (non-hydrogen) atoms. The summed E-state index contributed by atoms with van der Waals surface area (Å²) in [5.74, 6) is 0. The summed E-state index contributed by atoms with van der Waals surface area (Å²) in [5.41, 5.74) is 1.01. The molecular weight excluding hydrogens is 356 g/mol. The molecule has 0 saturated carbocycles. The predicted molar refractivity (Wildman–Crippen MR) is 116 cm³/mol. The van der Waals surface area contributed by atoms with Gasteiger partial charge < -0.3 is 13.6 Å². The van der Waals surface area contributed by atoms with E-state index in [4.69, 9.17) is 8.85 Å². The van der Waals surface area contributed by atoms with Crippen LogP contribution in [0.4, 0.5) is 0 Å². The van der Waals surface area contributed by atoms with Crippen molar-refractivity contribution in [3.63, 3.8) is 0 Å². The van der Waals surface area contributed by atoms with E-state index in [1.807, 2.05) is 30.3 Å². The molecule has 0 amide bonds. The first-order valence-corrected chi connectivity index (χ1v) is 15.3. The molecule has 0 bridgehead atoms. The lowest BCUT2D eigenvalue weighted by molar-refractivity contribution is -0.118. The SMILES string of the molecule is CC(C)(C)[Si](C)(C)OC(C=O)C(O[Si](C)(C)C(C)(C)C)c1ccccc1. The fourth-order valence-electron chi connectivity index (χ4n) is 2.14. The number of hydrogen-bond acceptors (Lipinski definition) is 3.